The maximum atomic E-state index is 5.35. The zero-order chi connectivity index (χ0) is 31.6. The van der Waals surface area contributed by atoms with Gasteiger partial charge in [-0.05, 0) is 40.4 Å². The van der Waals surface area contributed by atoms with Crippen LogP contribution in [0.3, 0.4) is 0 Å². The molecule has 3 heterocycles. The smallest absolute Gasteiger partial charge is 0.162 e. The third-order valence-electron chi connectivity index (χ3n) is 9.53. The summed E-state index contributed by atoms with van der Waals surface area (Å²) in [5.74, 6) is 1.53. The highest BCUT2D eigenvalue weighted by Crippen LogP contribution is 2.45. The Morgan fingerprint density at radius 1 is 0.438 bits per heavy atom. The molecule has 48 heavy (non-hydrogen) atoms. The summed E-state index contributed by atoms with van der Waals surface area (Å²) in [5.41, 5.74) is 7.47. The molecule has 0 radical (unpaired) electrons. The summed E-state index contributed by atoms with van der Waals surface area (Å²) in [6.07, 6.45) is 2.19. The Hall–Kier alpha value is -6.52. The van der Waals surface area contributed by atoms with Crippen molar-refractivity contribution in [3.8, 4) is 34.2 Å². The van der Waals surface area contributed by atoms with Crippen molar-refractivity contribution < 1.29 is 0 Å². The molecule has 224 valence electrons. The van der Waals surface area contributed by atoms with Gasteiger partial charge in [-0.2, -0.15) is 0 Å². The maximum absolute atomic E-state index is 5.35. The van der Waals surface area contributed by atoms with Crippen LogP contribution in [0, 0.1) is 0 Å². The van der Waals surface area contributed by atoms with Crippen LogP contribution in [0.25, 0.3) is 88.4 Å². The first kappa shape index (κ1) is 26.7. The van der Waals surface area contributed by atoms with Crippen LogP contribution in [-0.4, -0.2) is 19.1 Å². The molecule has 0 unspecified atom stereocenters. The van der Waals surface area contributed by atoms with E-state index in [0.29, 0.717) is 5.82 Å². The van der Waals surface area contributed by atoms with Crippen LogP contribution in [0.1, 0.15) is 0 Å². The highest BCUT2D eigenvalue weighted by Gasteiger charge is 2.23. The van der Waals surface area contributed by atoms with E-state index in [1.54, 1.807) is 0 Å². The van der Waals surface area contributed by atoms with Crippen LogP contribution in [0.2, 0.25) is 0 Å². The van der Waals surface area contributed by atoms with Crippen molar-refractivity contribution in [2.24, 2.45) is 0 Å². The molecular formula is C44H28N4. The summed E-state index contributed by atoms with van der Waals surface area (Å²) < 4.78 is 4.71. The third-order valence-corrected chi connectivity index (χ3v) is 9.53. The van der Waals surface area contributed by atoms with Gasteiger partial charge in [-0.3, -0.25) is 4.57 Å². The van der Waals surface area contributed by atoms with Gasteiger partial charge in [0.05, 0.1) is 22.2 Å². The highest BCUT2D eigenvalue weighted by molar-refractivity contribution is 6.35. The second kappa shape index (κ2) is 10.5. The molecule has 0 saturated carbocycles. The molecule has 0 atom stereocenters. The Morgan fingerprint density at radius 3 is 1.77 bits per heavy atom. The van der Waals surface area contributed by atoms with Gasteiger partial charge in [-0.1, -0.05) is 133 Å². The standard InChI is InChI=1S/C44H28N4/c1-4-14-29(15-5-1)37-28-39(46-44(45-37)31-16-6-2-7-17-31)48-38-25-24-30-26-27-47(32-18-8-3-9-19-32)42(30)41(38)40-35-22-12-10-20-33(35)34-21-11-13-23-36(34)43(40)48/h1-28H. The summed E-state index contributed by atoms with van der Waals surface area (Å²) >= 11 is 0. The van der Waals surface area contributed by atoms with E-state index < -0.39 is 0 Å². The number of fused-ring (bicyclic) bond motifs is 10. The quantitative estimate of drug-likeness (QED) is 0.185. The molecule has 0 spiro atoms. The van der Waals surface area contributed by atoms with E-state index in [9.17, 15) is 0 Å². The molecule has 0 aliphatic carbocycles. The van der Waals surface area contributed by atoms with Crippen LogP contribution in [0.4, 0.5) is 0 Å². The molecule has 10 rings (SSSR count). The average molecular weight is 613 g/mol. The van der Waals surface area contributed by atoms with E-state index >= 15 is 0 Å². The van der Waals surface area contributed by atoms with Crippen molar-refractivity contribution in [3.05, 3.63) is 170 Å². The van der Waals surface area contributed by atoms with E-state index in [4.69, 9.17) is 9.97 Å². The van der Waals surface area contributed by atoms with Crippen molar-refractivity contribution in [2.45, 2.75) is 0 Å². The van der Waals surface area contributed by atoms with Crippen LogP contribution in [-0.2, 0) is 0 Å². The summed E-state index contributed by atoms with van der Waals surface area (Å²) in [7, 11) is 0. The highest BCUT2D eigenvalue weighted by atomic mass is 15.1. The summed E-state index contributed by atoms with van der Waals surface area (Å²) in [6, 6.07) is 57.8. The van der Waals surface area contributed by atoms with Crippen LogP contribution < -0.4 is 0 Å². The molecule has 10 aromatic rings. The van der Waals surface area contributed by atoms with Gasteiger partial charge in [0, 0.05) is 50.6 Å². The van der Waals surface area contributed by atoms with Gasteiger partial charge >= 0.3 is 0 Å². The number of benzene rings is 7. The van der Waals surface area contributed by atoms with E-state index in [1.807, 2.05) is 24.3 Å². The number of para-hydroxylation sites is 1. The van der Waals surface area contributed by atoms with Crippen molar-refractivity contribution in [1.82, 2.24) is 19.1 Å². The number of hydrogen-bond acceptors (Lipinski definition) is 2. The Labute approximate surface area is 276 Å². The maximum Gasteiger partial charge on any atom is 0.162 e. The zero-order valence-electron chi connectivity index (χ0n) is 26.0. The predicted octanol–water partition coefficient (Wildman–Crippen LogP) is 11.2. The fourth-order valence-corrected chi connectivity index (χ4v) is 7.45. The molecule has 0 aliphatic heterocycles. The second-order valence-electron chi connectivity index (χ2n) is 12.2. The van der Waals surface area contributed by atoms with Crippen LogP contribution >= 0.6 is 0 Å². The Morgan fingerprint density at radius 2 is 1.04 bits per heavy atom. The number of rotatable bonds is 4. The minimum absolute atomic E-state index is 0.695. The number of nitrogens with zero attached hydrogens (tertiary/aromatic N) is 4. The molecule has 0 fully saturated rings. The fraction of sp³-hybridized carbons (Fsp3) is 0. The van der Waals surface area contributed by atoms with Crippen LogP contribution in [0.5, 0.6) is 0 Å². The third kappa shape index (κ3) is 3.96. The van der Waals surface area contributed by atoms with Gasteiger partial charge < -0.3 is 4.57 Å². The van der Waals surface area contributed by atoms with Gasteiger partial charge in [-0.25, -0.2) is 9.97 Å². The largest absolute Gasteiger partial charge is 0.316 e. The van der Waals surface area contributed by atoms with Crippen molar-refractivity contribution in [1.29, 1.82) is 0 Å². The molecule has 3 aromatic heterocycles. The van der Waals surface area contributed by atoms with E-state index in [-0.39, 0.29) is 0 Å². The first-order valence-corrected chi connectivity index (χ1v) is 16.3. The summed E-state index contributed by atoms with van der Waals surface area (Å²) in [6.45, 7) is 0. The summed E-state index contributed by atoms with van der Waals surface area (Å²) in [5, 5.41) is 8.51. The van der Waals surface area contributed by atoms with Crippen LogP contribution in [0.15, 0.2) is 170 Å². The van der Waals surface area contributed by atoms with E-state index in [0.717, 1.165) is 39.4 Å². The lowest BCUT2D eigenvalue weighted by Crippen LogP contribution is -2.03. The Kier molecular flexibility index (Phi) is 5.84. The average Bonchev–Trinajstić information content (AvgIpc) is 3.76. The van der Waals surface area contributed by atoms with Crippen molar-refractivity contribution >= 4 is 54.3 Å². The van der Waals surface area contributed by atoms with Crippen molar-refractivity contribution in [3.63, 3.8) is 0 Å². The zero-order valence-corrected chi connectivity index (χ0v) is 26.0. The topological polar surface area (TPSA) is 35.6 Å². The van der Waals surface area contributed by atoms with Gasteiger partial charge in [0.15, 0.2) is 5.82 Å². The first-order chi connectivity index (χ1) is 23.8. The van der Waals surface area contributed by atoms with Gasteiger partial charge in [0.1, 0.15) is 5.82 Å². The molecule has 4 heteroatoms. The van der Waals surface area contributed by atoms with Gasteiger partial charge in [-0.15, -0.1) is 0 Å². The molecule has 0 N–H and O–H groups in total. The summed E-state index contributed by atoms with van der Waals surface area (Å²) in [4.78, 5) is 10.5. The molecule has 4 nitrogen and oxygen atoms in total. The van der Waals surface area contributed by atoms with E-state index in [1.165, 1.54) is 43.2 Å². The Bertz CT molecular complexity index is 2760. The minimum Gasteiger partial charge on any atom is -0.316 e. The lowest BCUT2D eigenvalue weighted by atomic mass is 9.96. The minimum atomic E-state index is 0.695. The van der Waals surface area contributed by atoms with Gasteiger partial charge in [0.25, 0.3) is 0 Å². The molecule has 0 bridgehead atoms. The molecule has 0 aliphatic rings. The lowest BCUT2D eigenvalue weighted by molar-refractivity contribution is 1.05. The fourth-order valence-electron chi connectivity index (χ4n) is 7.45. The SMILES string of the molecule is c1ccc(-c2cc(-n3c4ccc5ccn(-c6ccccc6)c5c4c4c5ccccc5c5ccccc5c43)nc(-c3ccccc3)n2)cc1. The van der Waals surface area contributed by atoms with Gasteiger partial charge in [0.2, 0.25) is 0 Å². The first-order valence-electron chi connectivity index (χ1n) is 16.3. The Balaban J connectivity index is 1.44. The molecule has 0 amide bonds. The molecule has 0 saturated heterocycles. The molecule has 7 aromatic carbocycles. The predicted molar refractivity (Wildman–Crippen MR) is 199 cm³/mol. The number of hydrogen-bond donors (Lipinski definition) is 0. The van der Waals surface area contributed by atoms with E-state index in [2.05, 4.69) is 155 Å². The normalized spacial score (nSPS) is 11.8. The van der Waals surface area contributed by atoms with Crippen molar-refractivity contribution in [2.75, 3.05) is 0 Å². The number of aromatic nitrogens is 4. The molecular weight excluding hydrogens is 585 g/mol. The second-order valence-corrected chi connectivity index (χ2v) is 12.2. The monoisotopic (exact) mass is 612 g/mol. The lowest BCUT2D eigenvalue weighted by Gasteiger charge is -2.14.